The lowest BCUT2D eigenvalue weighted by Crippen LogP contribution is -2.66. The first kappa shape index (κ1) is 76.0. The summed E-state index contributed by atoms with van der Waals surface area (Å²) in [6, 6.07) is -0.999. The molecule has 19 heteroatoms. The first-order chi connectivity index (χ1) is 40.8. The number of hydrogen-bond donors (Lipinski definition) is 12. The Morgan fingerprint density at radius 2 is 0.762 bits per heavy atom. The number of rotatable bonds is 49. The number of aliphatic hydroxyl groups excluding tert-OH is 11. The highest BCUT2D eigenvalue weighted by molar-refractivity contribution is 5.76. The molecule has 0 aromatic carbocycles. The summed E-state index contributed by atoms with van der Waals surface area (Å²) in [6.07, 6.45) is 28.0. The van der Waals surface area contributed by atoms with E-state index in [1.54, 1.807) is 6.08 Å². The van der Waals surface area contributed by atoms with Crippen molar-refractivity contribution in [2.24, 2.45) is 0 Å². The highest BCUT2D eigenvalue weighted by Crippen LogP contribution is 2.33. The van der Waals surface area contributed by atoms with Gasteiger partial charge in [0, 0.05) is 6.42 Å². The lowest BCUT2D eigenvalue weighted by molar-refractivity contribution is -0.379. The van der Waals surface area contributed by atoms with E-state index in [1.165, 1.54) is 135 Å². The summed E-state index contributed by atoms with van der Waals surface area (Å²) in [5.41, 5.74) is 0. The Morgan fingerprint density at radius 3 is 1.19 bits per heavy atom. The van der Waals surface area contributed by atoms with E-state index in [9.17, 15) is 61.0 Å². The van der Waals surface area contributed by atoms with Crippen molar-refractivity contribution in [1.82, 2.24) is 5.32 Å². The fraction of sp³-hybridized carbons (Fsp3) is 0.862. The van der Waals surface area contributed by atoms with Gasteiger partial charge in [0.1, 0.15) is 73.2 Å². The van der Waals surface area contributed by atoms with Crippen LogP contribution in [0, 0.1) is 0 Å². The van der Waals surface area contributed by atoms with Crippen LogP contribution in [0.4, 0.5) is 0 Å². The van der Waals surface area contributed by atoms with Gasteiger partial charge in [-0.1, -0.05) is 197 Å². The van der Waals surface area contributed by atoms with Crippen LogP contribution in [0.2, 0.25) is 0 Å². The molecule has 490 valence electrons. The van der Waals surface area contributed by atoms with Crippen LogP contribution in [-0.4, -0.2) is 193 Å². The molecule has 3 aliphatic rings. The van der Waals surface area contributed by atoms with E-state index in [0.717, 1.165) is 57.8 Å². The molecule has 0 radical (unpaired) electrons. The number of amides is 1. The molecule has 0 bridgehead atoms. The summed E-state index contributed by atoms with van der Waals surface area (Å²) >= 11 is 0. The van der Waals surface area contributed by atoms with Crippen LogP contribution in [0.25, 0.3) is 0 Å². The monoisotopic (exact) mass is 1200 g/mol. The molecule has 17 unspecified atom stereocenters. The second kappa shape index (κ2) is 47.7. The maximum absolute atomic E-state index is 13.4. The van der Waals surface area contributed by atoms with E-state index < -0.39 is 124 Å². The molecule has 84 heavy (non-hydrogen) atoms. The maximum Gasteiger partial charge on any atom is 0.220 e. The van der Waals surface area contributed by atoms with Crippen molar-refractivity contribution in [3.05, 3.63) is 48.6 Å². The first-order valence-corrected chi connectivity index (χ1v) is 32.9. The minimum Gasteiger partial charge on any atom is -0.394 e. The zero-order valence-electron chi connectivity index (χ0n) is 51.4. The predicted molar refractivity (Wildman–Crippen MR) is 323 cm³/mol. The average Bonchev–Trinajstić information content (AvgIpc) is 2.97. The average molecular weight is 1200 g/mol. The molecule has 0 aliphatic carbocycles. The summed E-state index contributed by atoms with van der Waals surface area (Å²) in [6.45, 7) is 1.70. The second-order valence-corrected chi connectivity index (χ2v) is 23.6. The van der Waals surface area contributed by atoms with Gasteiger partial charge in [-0.15, -0.1) is 0 Å². The van der Waals surface area contributed by atoms with Crippen LogP contribution in [0.5, 0.6) is 0 Å². The van der Waals surface area contributed by atoms with E-state index in [4.69, 9.17) is 28.4 Å². The highest BCUT2D eigenvalue weighted by atomic mass is 16.8. The van der Waals surface area contributed by atoms with Crippen molar-refractivity contribution >= 4 is 5.91 Å². The van der Waals surface area contributed by atoms with Gasteiger partial charge in [0.25, 0.3) is 0 Å². The quantitative estimate of drug-likeness (QED) is 0.0208. The molecule has 0 aromatic rings. The Morgan fingerprint density at radius 1 is 0.417 bits per heavy atom. The molecule has 3 fully saturated rings. The molecule has 12 N–H and O–H groups in total. The fourth-order valence-electron chi connectivity index (χ4n) is 10.9. The fourth-order valence-corrected chi connectivity index (χ4v) is 10.9. The number of carbonyl (C=O) groups excluding carboxylic acids is 1. The molecule has 3 saturated heterocycles. The van der Waals surface area contributed by atoms with Crippen LogP contribution >= 0.6 is 0 Å². The second-order valence-electron chi connectivity index (χ2n) is 23.6. The molecule has 0 saturated carbocycles. The molecule has 17 atom stereocenters. The third kappa shape index (κ3) is 30.3. The molecule has 3 heterocycles. The summed E-state index contributed by atoms with van der Waals surface area (Å²) in [5.74, 6) is -0.294. The molecular formula is C65H117NO18. The van der Waals surface area contributed by atoms with Crippen LogP contribution in [0.15, 0.2) is 48.6 Å². The van der Waals surface area contributed by atoms with Gasteiger partial charge < -0.3 is 89.9 Å². The van der Waals surface area contributed by atoms with Gasteiger partial charge in [-0.05, 0) is 70.6 Å². The summed E-state index contributed by atoms with van der Waals surface area (Å²) in [4.78, 5) is 13.4. The SMILES string of the molecule is CCCCCCCCC/C=C\CCCCCCCCCC(=O)NC(COC1OC(CO)C(OC2OC(CO)C(OC3OC(CO)C(O)C(O)C3O)C(O)C2O)C(O)C1O)C(O)/C=C/CC/C=C/CC/C=C/CCCCCCCCCCCCC. The lowest BCUT2D eigenvalue weighted by Gasteiger charge is -2.48. The number of aliphatic hydroxyl groups is 11. The van der Waals surface area contributed by atoms with Crippen molar-refractivity contribution in [2.45, 2.75) is 330 Å². The van der Waals surface area contributed by atoms with Gasteiger partial charge in [-0.2, -0.15) is 0 Å². The number of unbranched alkanes of at least 4 members (excludes halogenated alkanes) is 27. The van der Waals surface area contributed by atoms with Crippen LogP contribution in [-0.2, 0) is 33.2 Å². The predicted octanol–water partition coefficient (Wildman–Crippen LogP) is 7.43. The Bertz CT molecular complexity index is 1720. The summed E-state index contributed by atoms with van der Waals surface area (Å²) < 4.78 is 34.3. The third-order valence-electron chi connectivity index (χ3n) is 16.3. The Balaban J connectivity index is 1.49. The van der Waals surface area contributed by atoms with Gasteiger partial charge in [0.15, 0.2) is 18.9 Å². The number of ether oxygens (including phenoxy) is 6. The molecule has 19 nitrogen and oxygen atoms in total. The van der Waals surface area contributed by atoms with E-state index in [2.05, 4.69) is 55.6 Å². The zero-order valence-corrected chi connectivity index (χ0v) is 51.4. The smallest absolute Gasteiger partial charge is 0.220 e. The van der Waals surface area contributed by atoms with E-state index >= 15 is 0 Å². The summed E-state index contributed by atoms with van der Waals surface area (Å²) in [7, 11) is 0. The zero-order chi connectivity index (χ0) is 61.2. The largest absolute Gasteiger partial charge is 0.394 e. The van der Waals surface area contributed by atoms with Gasteiger partial charge in [-0.3, -0.25) is 4.79 Å². The topological polar surface area (TPSA) is 307 Å². The van der Waals surface area contributed by atoms with Gasteiger partial charge >= 0.3 is 0 Å². The lowest BCUT2D eigenvalue weighted by atomic mass is 9.96. The van der Waals surface area contributed by atoms with Crippen molar-refractivity contribution in [2.75, 3.05) is 26.4 Å². The highest BCUT2D eigenvalue weighted by Gasteiger charge is 2.53. The van der Waals surface area contributed by atoms with E-state index in [1.807, 2.05) is 6.08 Å². The van der Waals surface area contributed by atoms with E-state index in [-0.39, 0.29) is 18.9 Å². The van der Waals surface area contributed by atoms with Gasteiger partial charge in [0.2, 0.25) is 5.91 Å². The third-order valence-corrected chi connectivity index (χ3v) is 16.3. The molecule has 1 amide bonds. The van der Waals surface area contributed by atoms with Gasteiger partial charge in [0.05, 0.1) is 38.6 Å². The van der Waals surface area contributed by atoms with Crippen LogP contribution in [0.3, 0.4) is 0 Å². The Hall–Kier alpha value is -2.25. The minimum atomic E-state index is -1.98. The van der Waals surface area contributed by atoms with Crippen LogP contribution < -0.4 is 5.32 Å². The number of carbonyl (C=O) groups is 1. The number of hydrogen-bond acceptors (Lipinski definition) is 18. The molecule has 3 aliphatic heterocycles. The standard InChI is InChI=1S/C65H117NO18/c1-3-5-7-9-11-13-15-17-19-21-23-24-25-26-28-30-32-34-36-38-40-42-49(70)48(66-53(71)43-41-39-37-35-33-31-29-27-22-20-18-16-14-12-10-8-6-4-2)47-79-63-59(77)56(74)61(51(45-68)81-63)84-65-60(78)57(75)62(52(46-69)82-65)83-64-58(76)55(73)54(72)50(44-67)80-64/h20,22,25-26,32,34,40,42,48-52,54-65,67-70,72-78H,3-19,21,23-24,27-31,33,35-39,41,43-47H2,1-2H3,(H,66,71)/b22-20-,26-25+,34-32+,42-40+. The first-order valence-electron chi connectivity index (χ1n) is 32.9. The number of allylic oxidation sites excluding steroid dienone is 7. The van der Waals surface area contributed by atoms with Crippen molar-refractivity contribution < 1.29 is 89.4 Å². The molecule has 3 rings (SSSR count). The normalized spacial score (nSPS) is 29.5. The minimum absolute atomic E-state index is 0.226. The van der Waals surface area contributed by atoms with E-state index in [0.29, 0.717) is 12.8 Å². The van der Waals surface area contributed by atoms with Gasteiger partial charge in [-0.25, -0.2) is 0 Å². The maximum atomic E-state index is 13.4. The van der Waals surface area contributed by atoms with Crippen molar-refractivity contribution in [1.29, 1.82) is 0 Å². The van der Waals surface area contributed by atoms with Crippen molar-refractivity contribution in [3.8, 4) is 0 Å². The molecule has 0 aromatic heterocycles. The summed E-state index contributed by atoms with van der Waals surface area (Å²) in [5, 5.41) is 120. The van der Waals surface area contributed by atoms with Crippen LogP contribution in [0.1, 0.15) is 226 Å². The van der Waals surface area contributed by atoms with Crippen molar-refractivity contribution in [3.63, 3.8) is 0 Å². The Kier molecular flexibility index (Phi) is 43.2. The molecular weight excluding hydrogens is 1080 g/mol. The molecule has 0 spiro atoms. The Labute approximate surface area is 503 Å². The number of nitrogens with one attached hydrogen (secondary N) is 1.